The van der Waals surface area contributed by atoms with Gasteiger partial charge in [0.1, 0.15) is 11.9 Å². The van der Waals surface area contributed by atoms with Crippen molar-refractivity contribution in [3.05, 3.63) is 29.8 Å². The number of carbonyl (C=O) groups is 2. The highest BCUT2D eigenvalue weighted by molar-refractivity contribution is 5.96. The summed E-state index contributed by atoms with van der Waals surface area (Å²) >= 11 is 0. The van der Waals surface area contributed by atoms with Crippen LogP contribution in [-0.2, 0) is 0 Å². The lowest BCUT2D eigenvalue weighted by Crippen LogP contribution is -2.49. The molecular weight excluding hydrogens is 306 g/mol. The fraction of sp³-hybridized carbons (Fsp3) is 0.556. The van der Waals surface area contributed by atoms with Crippen LogP contribution in [0, 0.1) is 5.92 Å². The number of para-hydroxylation sites is 1. The largest absolute Gasteiger partial charge is 0.487 e. The van der Waals surface area contributed by atoms with Crippen LogP contribution in [0.5, 0.6) is 5.75 Å². The number of likely N-dealkylation sites (N-methyl/N-ethyl adjacent to an activating group) is 1. The second-order valence-electron chi connectivity index (χ2n) is 6.80. The molecule has 0 bridgehead atoms. The lowest BCUT2D eigenvalue weighted by atomic mass is 10.0. The van der Waals surface area contributed by atoms with Gasteiger partial charge >= 0.3 is 6.03 Å². The van der Waals surface area contributed by atoms with Crippen molar-refractivity contribution in [3.8, 4) is 5.75 Å². The second kappa shape index (κ2) is 7.55. The first-order valence-electron chi connectivity index (χ1n) is 8.32. The van der Waals surface area contributed by atoms with Crippen LogP contribution >= 0.6 is 0 Å². The molecule has 6 heteroatoms. The molecule has 0 radical (unpaired) electrons. The Morgan fingerprint density at radius 1 is 1.42 bits per heavy atom. The van der Waals surface area contributed by atoms with E-state index in [2.05, 4.69) is 5.32 Å². The van der Waals surface area contributed by atoms with Gasteiger partial charge in [0.15, 0.2) is 0 Å². The summed E-state index contributed by atoms with van der Waals surface area (Å²) in [5.74, 6) is 0.631. The molecule has 0 fully saturated rings. The molecule has 2 rings (SSSR count). The number of urea groups is 1. The first kappa shape index (κ1) is 18.1. The highest BCUT2D eigenvalue weighted by atomic mass is 16.5. The van der Waals surface area contributed by atoms with Crippen LogP contribution in [0.3, 0.4) is 0 Å². The van der Waals surface area contributed by atoms with Gasteiger partial charge in [0.05, 0.1) is 12.1 Å². The molecule has 3 amide bonds. The fourth-order valence-corrected chi connectivity index (χ4v) is 2.79. The number of nitrogens with zero attached hydrogens (tertiary/aromatic N) is 2. The van der Waals surface area contributed by atoms with Crippen molar-refractivity contribution in [1.29, 1.82) is 0 Å². The molecule has 1 aliphatic heterocycles. The minimum Gasteiger partial charge on any atom is -0.487 e. The Morgan fingerprint density at radius 2 is 2.08 bits per heavy atom. The van der Waals surface area contributed by atoms with Crippen molar-refractivity contribution in [2.24, 2.45) is 5.92 Å². The minimum absolute atomic E-state index is 0.0400. The summed E-state index contributed by atoms with van der Waals surface area (Å²) in [4.78, 5) is 28.0. The third-order valence-electron chi connectivity index (χ3n) is 4.15. The lowest BCUT2D eigenvalue weighted by molar-refractivity contribution is 0.0577. The molecule has 0 saturated heterocycles. The topological polar surface area (TPSA) is 61.9 Å². The van der Waals surface area contributed by atoms with Crippen LogP contribution < -0.4 is 10.1 Å². The molecule has 0 aliphatic carbocycles. The number of hydrogen-bond acceptors (Lipinski definition) is 3. The third-order valence-corrected chi connectivity index (χ3v) is 4.15. The van der Waals surface area contributed by atoms with Crippen molar-refractivity contribution in [2.75, 3.05) is 27.2 Å². The highest BCUT2D eigenvalue weighted by Gasteiger charge is 2.30. The maximum atomic E-state index is 12.5. The Labute approximate surface area is 143 Å². The number of nitrogens with one attached hydrogen (secondary N) is 1. The summed E-state index contributed by atoms with van der Waals surface area (Å²) in [7, 11) is 3.56. The molecule has 132 valence electrons. The van der Waals surface area contributed by atoms with Gasteiger partial charge in [0.2, 0.25) is 0 Å². The molecule has 0 saturated carbocycles. The molecular formula is C18H27N3O3. The summed E-state index contributed by atoms with van der Waals surface area (Å²) in [6.07, 6.45) is -0.190. The third kappa shape index (κ3) is 4.19. The molecule has 0 unspecified atom stereocenters. The number of benzene rings is 1. The van der Waals surface area contributed by atoms with Gasteiger partial charge < -0.3 is 19.9 Å². The predicted molar refractivity (Wildman–Crippen MR) is 93.3 cm³/mol. The summed E-state index contributed by atoms with van der Waals surface area (Å²) < 4.78 is 6.12. The summed E-state index contributed by atoms with van der Waals surface area (Å²) in [5.41, 5.74) is 0.561. The second-order valence-corrected chi connectivity index (χ2v) is 6.80. The average Bonchev–Trinajstić information content (AvgIpc) is 2.52. The predicted octanol–water partition coefficient (Wildman–Crippen LogP) is 2.21. The van der Waals surface area contributed by atoms with Crippen LogP contribution in [0.1, 0.15) is 31.1 Å². The van der Waals surface area contributed by atoms with E-state index in [0.717, 1.165) is 0 Å². The standard InChI is InChI=1S/C18H27N3O3/c1-12(2)19-18(23)21(5)11-16-13(3)10-20(4)17(22)14-8-6-7-9-15(14)24-16/h6-9,12-13,16H,10-11H2,1-5H3,(H,19,23)/t13-,16+/m1/s1. The Bertz CT molecular complexity index is 603. The van der Waals surface area contributed by atoms with Gasteiger partial charge in [-0.15, -0.1) is 0 Å². The van der Waals surface area contributed by atoms with E-state index in [1.807, 2.05) is 32.9 Å². The Kier molecular flexibility index (Phi) is 5.70. The van der Waals surface area contributed by atoms with Gasteiger partial charge in [-0.2, -0.15) is 0 Å². The molecule has 1 aromatic carbocycles. The Hall–Kier alpha value is -2.24. The number of fused-ring (bicyclic) bond motifs is 1. The van der Waals surface area contributed by atoms with Crippen molar-refractivity contribution in [1.82, 2.24) is 15.1 Å². The van der Waals surface area contributed by atoms with Crippen LogP contribution in [-0.4, -0.2) is 61.1 Å². The van der Waals surface area contributed by atoms with Crippen LogP contribution in [0.25, 0.3) is 0 Å². The number of rotatable bonds is 3. The number of ether oxygens (including phenoxy) is 1. The van der Waals surface area contributed by atoms with E-state index in [-0.39, 0.29) is 30.0 Å². The molecule has 0 spiro atoms. The highest BCUT2D eigenvalue weighted by Crippen LogP contribution is 2.26. The quantitative estimate of drug-likeness (QED) is 0.922. The monoisotopic (exact) mass is 333 g/mol. The van der Waals surface area contributed by atoms with E-state index in [1.54, 1.807) is 36.0 Å². The fourth-order valence-electron chi connectivity index (χ4n) is 2.79. The molecule has 1 aliphatic rings. The van der Waals surface area contributed by atoms with Gasteiger partial charge in [0.25, 0.3) is 5.91 Å². The molecule has 2 atom stereocenters. The van der Waals surface area contributed by atoms with E-state index in [9.17, 15) is 9.59 Å². The maximum absolute atomic E-state index is 12.5. The van der Waals surface area contributed by atoms with Crippen LogP contribution in [0.4, 0.5) is 4.79 Å². The van der Waals surface area contributed by atoms with Gasteiger partial charge in [0, 0.05) is 32.6 Å². The van der Waals surface area contributed by atoms with Crippen molar-refractivity contribution < 1.29 is 14.3 Å². The average molecular weight is 333 g/mol. The maximum Gasteiger partial charge on any atom is 0.317 e. The van der Waals surface area contributed by atoms with Crippen molar-refractivity contribution in [3.63, 3.8) is 0 Å². The SMILES string of the molecule is CC(C)NC(=O)N(C)C[C@@H]1Oc2ccccc2C(=O)N(C)C[C@H]1C. The van der Waals surface area contributed by atoms with Crippen molar-refractivity contribution in [2.45, 2.75) is 32.9 Å². The lowest BCUT2D eigenvalue weighted by Gasteiger charge is -2.34. The Balaban J connectivity index is 2.19. The van der Waals surface area contributed by atoms with Gasteiger partial charge in [-0.1, -0.05) is 19.1 Å². The van der Waals surface area contributed by atoms with Crippen LogP contribution in [0.2, 0.25) is 0 Å². The van der Waals surface area contributed by atoms with Crippen molar-refractivity contribution >= 4 is 11.9 Å². The van der Waals surface area contributed by atoms with E-state index in [1.165, 1.54) is 0 Å². The molecule has 24 heavy (non-hydrogen) atoms. The van der Waals surface area contributed by atoms with Gasteiger partial charge in [-0.05, 0) is 26.0 Å². The zero-order valence-electron chi connectivity index (χ0n) is 15.1. The molecule has 1 heterocycles. The zero-order chi connectivity index (χ0) is 17.9. The minimum atomic E-state index is -0.190. The number of amides is 3. The zero-order valence-corrected chi connectivity index (χ0v) is 15.1. The van der Waals surface area contributed by atoms with E-state index < -0.39 is 0 Å². The Morgan fingerprint density at radius 3 is 2.75 bits per heavy atom. The number of hydrogen-bond donors (Lipinski definition) is 1. The van der Waals surface area contributed by atoms with Gasteiger partial charge in [-0.3, -0.25) is 4.79 Å². The molecule has 0 aromatic heterocycles. The van der Waals surface area contributed by atoms with E-state index in [4.69, 9.17) is 4.74 Å². The molecule has 1 N–H and O–H groups in total. The summed E-state index contributed by atoms with van der Waals surface area (Å²) in [5, 5.41) is 2.88. The number of carbonyl (C=O) groups excluding carboxylic acids is 2. The van der Waals surface area contributed by atoms with E-state index >= 15 is 0 Å². The normalized spacial score (nSPS) is 20.8. The van der Waals surface area contributed by atoms with Crippen LogP contribution in [0.15, 0.2) is 24.3 Å². The molecule has 6 nitrogen and oxygen atoms in total. The van der Waals surface area contributed by atoms with E-state index in [0.29, 0.717) is 24.4 Å². The molecule has 1 aromatic rings. The first-order valence-corrected chi connectivity index (χ1v) is 8.32. The summed E-state index contributed by atoms with van der Waals surface area (Å²) in [6, 6.07) is 7.22. The smallest absolute Gasteiger partial charge is 0.317 e. The first-order chi connectivity index (χ1) is 11.3. The summed E-state index contributed by atoms with van der Waals surface area (Å²) in [6.45, 7) is 6.93. The van der Waals surface area contributed by atoms with Gasteiger partial charge in [-0.25, -0.2) is 4.79 Å².